The minimum atomic E-state index is -0.413. The van der Waals surface area contributed by atoms with Gasteiger partial charge in [0.25, 0.3) is 0 Å². The van der Waals surface area contributed by atoms with Crippen LogP contribution < -0.4 is 0 Å². The summed E-state index contributed by atoms with van der Waals surface area (Å²) in [7, 11) is 0. The first-order valence-electron chi connectivity index (χ1n) is 17.2. The highest BCUT2D eigenvalue weighted by Crippen LogP contribution is 2.45. The maximum absolute atomic E-state index is 9.26. The summed E-state index contributed by atoms with van der Waals surface area (Å²) < 4.78 is 71.9. The summed E-state index contributed by atoms with van der Waals surface area (Å²) in [5.41, 5.74) is 3.69. The Morgan fingerprint density at radius 1 is 0.350 bits per heavy atom. The number of fused-ring (bicyclic) bond motifs is 4. The van der Waals surface area contributed by atoms with E-state index in [0.29, 0.717) is 22.3 Å². The summed E-state index contributed by atoms with van der Waals surface area (Å²) in [4.78, 5) is 0. The average molecular weight is 515 g/mol. The van der Waals surface area contributed by atoms with E-state index in [4.69, 9.17) is 5.48 Å². The van der Waals surface area contributed by atoms with Crippen LogP contribution in [0.1, 0.15) is 11.0 Å². The maximum atomic E-state index is 9.26. The second-order valence-corrected chi connectivity index (χ2v) is 9.92. The molecule has 0 amide bonds. The van der Waals surface area contributed by atoms with Crippen molar-refractivity contribution in [1.29, 1.82) is 0 Å². The van der Waals surface area contributed by atoms with Crippen molar-refractivity contribution >= 4 is 43.1 Å². The van der Waals surface area contributed by atoms with Gasteiger partial charge in [0.05, 0.1) is 11.0 Å². The van der Waals surface area contributed by atoms with Crippen LogP contribution in [0, 0.1) is 0 Å². The highest BCUT2D eigenvalue weighted by atomic mass is 14.2. The molecule has 0 atom stereocenters. The van der Waals surface area contributed by atoms with Crippen LogP contribution in [0.3, 0.4) is 0 Å². The van der Waals surface area contributed by atoms with Gasteiger partial charge < -0.3 is 0 Å². The van der Waals surface area contributed by atoms with E-state index in [-0.39, 0.29) is 45.7 Å². The van der Waals surface area contributed by atoms with Gasteiger partial charge in [0, 0.05) is 0 Å². The van der Waals surface area contributed by atoms with Crippen LogP contribution in [-0.2, 0) is 0 Å². The number of hydrogen-bond donors (Lipinski definition) is 0. The third-order valence-corrected chi connectivity index (χ3v) is 7.67. The minimum Gasteiger partial charge on any atom is -0.0616 e. The Morgan fingerprint density at radius 3 is 1.65 bits per heavy atom. The lowest BCUT2D eigenvalue weighted by molar-refractivity contribution is 1.63. The third kappa shape index (κ3) is 3.61. The molecule has 0 aliphatic heterocycles. The van der Waals surface area contributed by atoms with Gasteiger partial charge in [0.1, 0.15) is 0 Å². The Balaban J connectivity index is 1.60. The smallest absolute Gasteiger partial charge is 0.0616 e. The Morgan fingerprint density at radius 2 is 0.900 bits per heavy atom. The molecule has 8 rings (SSSR count). The van der Waals surface area contributed by atoms with Crippen molar-refractivity contribution < 1.29 is 11.0 Å². The predicted molar refractivity (Wildman–Crippen MR) is 173 cm³/mol. The number of hydrogen-bond acceptors (Lipinski definition) is 0. The molecule has 8 aromatic rings. The fourth-order valence-electron chi connectivity index (χ4n) is 5.85. The van der Waals surface area contributed by atoms with Crippen LogP contribution in [0.2, 0.25) is 0 Å². The van der Waals surface area contributed by atoms with E-state index in [0.717, 1.165) is 32.7 Å². The first kappa shape index (κ1) is 16.0. The highest BCUT2D eigenvalue weighted by molar-refractivity contribution is 6.23. The lowest BCUT2D eigenvalue weighted by Gasteiger charge is -2.19. The second-order valence-electron chi connectivity index (χ2n) is 9.92. The molecule has 186 valence electrons. The number of rotatable bonds is 3. The van der Waals surface area contributed by atoms with Gasteiger partial charge in [-0.2, -0.15) is 0 Å². The molecular weight excluding hydrogens is 480 g/mol. The lowest BCUT2D eigenvalue weighted by Crippen LogP contribution is -1.92. The van der Waals surface area contributed by atoms with Crippen molar-refractivity contribution in [2.45, 2.75) is 0 Å². The van der Waals surface area contributed by atoms with Gasteiger partial charge in [-0.15, -0.1) is 0 Å². The standard InChI is InChI=1S/C40H26/c1-2-13-29-25-31(24-23-27(29)11-1)30-15-9-16-32(26-30)39-35-18-5-7-20-37(35)40(38-21-8-6-19-36(38)39)34-22-10-14-28-12-3-4-17-33(28)34/h1-26H/i5D,6D,7D,8D,18D,19D,20D,21D. The molecule has 0 aliphatic rings. The largest absolute Gasteiger partial charge is 0.0629 e. The zero-order valence-electron chi connectivity index (χ0n) is 29.4. The Labute approximate surface area is 245 Å². The van der Waals surface area contributed by atoms with Crippen molar-refractivity contribution in [3.63, 3.8) is 0 Å². The molecule has 0 radical (unpaired) electrons. The van der Waals surface area contributed by atoms with E-state index in [1.807, 2.05) is 103 Å². The molecule has 0 heteroatoms. The van der Waals surface area contributed by atoms with Crippen molar-refractivity contribution in [3.05, 3.63) is 158 Å². The minimum absolute atomic E-state index is 0.206. The SMILES string of the molecule is [2H]c1c([2H])c([2H])c2c(-c3cccc4ccccc34)c3c([2H])c([2H])c([2H])c([2H])c3c(-c3cccc(-c4ccc5ccccc5c4)c3)c2c1[2H]. The fourth-order valence-corrected chi connectivity index (χ4v) is 5.85. The van der Waals surface area contributed by atoms with E-state index in [1.54, 1.807) is 0 Å². The Kier molecular flexibility index (Phi) is 3.70. The zero-order chi connectivity index (χ0) is 33.4. The van der Waals surface area contributed by atoms with Gasteiger partial charge in [0.2, 0.25) is 0 Å². The molecule has 0 unspecified atom stereocenters. The van der Waals surface area contributed by atoms with Gasteiger partial charge >= 0.3 is 0 Å². The average Bonchev–Trinajstić information content (AvgIpc) is 3.13. The van der Waals surface area contributed by atoms with Crippen LogP contribution in [0.5, 0.6) is 0 Å². The summed E-state index contributed by atoms with van der Waals surface area (Å²) in [5.74, 6) is 0. The van der Waals surface area contributed by atoms with E-state index < -0.39 is 24.2 Å². The van der Waals surface area contributed by atoms with E-state index in [9.17, 15) is 5.48 Å². The number of benzene rings is 8. The van der Waals surface area contributed by atoms with Gasteiger partial charge in [-0.3, -0.25) is 0 Å². The molecule has 0 N–H and O–H groups in total. The molecule has 0 heterocycles. The summed E-state index contributed by atoms with van der Waals surface area (Å²) in [6.07, 6.45) is 0. The van der Waals surface area contributed by atoms with Gasteiger partial charge in [-0.1, -0.05) is 145 Å². The molecule has 0 spiro atoms. The van der Waals surface area contributed by atoms with Gasteiger partial charge in [0.15, 0.2) is 0 Å². The summed E-state index contributed by atoms with van der Waals surface area (Å²) in [5, 5.41) is 4.69. The maximum Gasteiger partial charge on any atom is 0.0629 e. The van der Waals surface area contributed by atoms with Crippen LogP contribution in [-0.4, -0.2) is 0 Å². The van der Waals surface area contributed by atoms with Crippen LogP contribution in [0.4, 0.5) is 0 Å². The highest BCUT2D eigenvalue weighted by Gasteiger charge is 2.18. The first-order valence-corrected chi connectivity index (χ1v) is 13.2. The van der Waals surface area contributed by atoms with Gasteiger partial charge in [-0.05, 0) is 88.6 Å². The second kappa shape index (κ2) is 9.22. The fraction of sp³-hybridized carbons (Fsp3) is 0. The van der Waals surface area contributed by atoms with Crippen molar-refractivity contribution in [3.8, 4) is 33.4 Å². The van der Waals surface area contributed by atoms with Crippen LogP contribution >= 0.6 is 0 Å². The van der Waals surface area contributed by atoms with Gasteiger partial charge in [-0.25, -0.2) is 0 Å². The predicted octanol–water partition coefficient (Wildman–Crippen LogP) is 11.3. The van der Waals surface area contributed by atoms with Crippen molar-refractivity contribution in [2.24, 2.45) is 0 Å². The molecule has 40 heavy (non-hydrogen) atoms. The monoisotopic (exact) mass is 514 g/mol. The Bertz CT molecular complexity index is 2570. The van der Waals surface area contributed by atoms with Crippen molar-refractivity contribution in [2.75, 3.05) is 0 Å². The molecule has 8 aromatic carbocycles. The zero-order valence-corrected chi connectivity index (χ0v) is 21.4. The van der Waals surface area contributed by atoms with E-state index in [2.05, 4.69) is 6.07 Å². The molecule has 0 fully saturated rings. The molecule has 0 bridgehead atoms. The lowest BCUT2D eigenvalue weighted by atomic mass is 9.84. The molecular formula is C40H26. The van der Waals surface area contributed by atoms with E-state index >= 15 is 0 Å². The van der Waals surface area contributed by atoms with Crippen LogP contribution in [0.25, 0.3) is 76.5 Å². The molecule has 0 saturated heterocycles. The van der Waals surface area contributed by atoms with Crippen molar-refractivity contribution in [1.82, 2.24) is 0 Å². The topological polar surface area (TPSA) is 0 Å². The first-order chi connectivity index (χ1) is 23.2. The summed E-state index contributed by atoms with van der Waals surface area (Å²) >= 11 is 0. The molecule has 0 nitrogen and oxygen atoms in total. The molecule has 0 aromatic heterocycles. The molecule has 0 saturated carbocycles. The van der Waals surface area contributed by atoms with Crippen LogP contribution in [0.15, 0.2) is 158 Å². The third-order valence-electron chi connectivity index (χ3n) is 7.67. The summed E-state index contributed by atoms with van der Waals surface area (Å²) in [6.45, 7) is 0. The van der Waals surface area contributed by atoms with E-state index in [1.165, 1.54) is 0 Å². The normalized spacial score (nSPS) is 14.3. The summed E-state index contributed by atoms with van der Waals surface area (Å²) in [6, 6.07) is 32.4. The Hall–Kier alpha value is -5.20. The quantitative estimate of drug-likeness (QED) is 0.206. The molecule has 0 aliphatic carbocycles.